The quantitative estimate of drug-likeness (QED) is 0.773. The zero-order valence-electron chi connectivity index (χ0n) is 14.7. The van der Waals surface area contributed by atoms with E-state index in [4.69, 9.17) is 9.52 Å². The van der Waals surface area contributed by atoms with E-state index in [1.54, 1.807) is 0 Å². The fourth-order valence-electron chi connectivity index (χ4n) is 3.80. The minimum absolute atomic E-state index is 0.0787. The monoisotopic (exact) mass is 384 g/mol. The average Bonchev–Trinajstić information content (AvgIpc) is 3.32. The number of carbonyl (C=O) groups excluding carboxylic acids is 1. The third-order valence-electron chi connectivity index (χ3n) is 5.36. The lowest BCUT2D eigenvalue weighted by molar-refractivity contribution is -0.124. The lowest BCUT2D eigenvalue weighted by atomic mass is 9.89. The van der Waals surface area contributed by atoms with E-state index in [0.29, 0.717) is 19.4 Å². The Morgan fingerprint density at radius 2 is 2.00 bits per heavy atom. The molecule has 144 valence electrons. The Labute approximate surface area is 152 Å². The summed E-state index contributed by atoms with van der Waals surface area (Å²) in [4.78, 5) is 23.5. The molecule has 2 fully saturated rings. The van der Waals surface area contributed by atoms with Gasteiger partial charge in [-0.15, -0.1) is 0 Å². The minimum Gasteiger partial charge on any atom is -0.475 e. The molecule has 1 saturated heterocycles. The van der Waals surface area contributed by atoms with Gasteiger partial charge in [0.05, 0.1) is 0 Å². The van der Waals surface area contributed by atoms with E-state index in [-0.39, 0.29) is 17.9 Å². The summed E-state index contributed by atoms with van der Waals surface area (Å²) in [6, 6.07) is 1.43. The summed E-state index contributed by atoms with van der Waals surface area (Å²) in [6.45, 7) is 2.89. The van der Waals surface area contributed by atoms with Crippen LogP contribution in [0.15, 0.2) is 21.6 Å². The molecule has 3 rings (SSSR count). The molecule has 1 aromatic rings. The van der Waals surface area contributed by atoms with Crippen molar-refractivity contribution >= 4 is 21.9 Å². The van der Waals surface area contributed by atoms with Crippen LogP contribution in [0.3, 0.4) is 0 Å². The second-order valence-electron chi connectivity index (χ2n) is 7.43. The van der Waals surface area contributed by atoms with Crippen molar-refractivity contribution in [2.45, 2.75) is 56.6 Å². The number of carboxylic acids is 1. The molecule has 0 aromatic carbocycles. The average molecular weight is 384 g/mol. The van der Waals surface area contributed by atoms with Crippen LogP contribution in [0.5, 0.6) is 0 Å². The van der Waals surface area contributed by atoms with Crippen molar-refractivity contribution in [3.8, 4) is 0 Å². The number of furan rings is 1. The number of carbonyl (C=O) groups is 2. The van der Waals surface area contributed by atoms with Gasteiger partial charge in [0, 0.05) is 13.1 Å². The normalized spacial score (nSPS) is 23.2. The molecular weight excluding hydrogens is 360 g/mol. The van der Waals surface area contributed by atoms with Crippen molar-refractivity contribution in [1.82, 2.24) is 9.62 Å². The largest absolute Gasteiger partial charge is 0.475 e. The zero-order chi connectivity index (χ0) is 18.9. The van der Waals surface area contributed by atoms with Gasteiger partial charge in [0.1, 0.15) is 6.04 Å². The number of nitrogens with zero attached hydrogens (tertiary/aromatic N) is 1. The molecule has 1 unspecified atom stereocenters. The van der Waals surface area contributed by atoms with Crippen molar-refractivity contribution in [2.75, 3.05) is 13.1 Å². The standard InChI is InChI=1S/C17H24N2O6S/c1-17(8-2-3-9-17)11-18-15(20)12-5-4-10-19(12)26(23,24)14-7-6-13(25-14)16(21)22/h6-7,12H,2-5,8-11H2,1H3,(H,18,20)(H,21,22). The van der Waals surface area contributed by atoms with Crippen LogP contribution in [-0.2, 0) is 14.8 Å². The maximum Gasteiger partial charge on any atom is 0.371 e. The molecule has 1 amide bonds. The lowest BCUT2D eigenvalue weighted by Crippen LogP contribution is -2.47. The molecule has 2 N–H and O–H groups in total. The van der Waals surface area contributed by atoms with Crippen molar-refractivity contribution in [3.63, 3.8) is 0 Å². The molecule has 1 aliphatic carbocycles. The van der Waals surface area contributed by atoms with Crippen LogP contribution in [0.1, 0.15) is 56.0 Å². The molecule has 0 spiro atoms. The van der Waals surface area contributed by atoms with Crippen LogP contribution in [0, 0.1) is 5.41 Å². The Kier molecular flexibility index (Phi) is 5.12. The number of hydrogen-bond donors (Lipinski definition) is 2. The summed E-state index contributed by atoms with van der Waals surface area (Å²) in [5.74, 6) is -2.09. The highest BCUT2D eigenvalue weighted by Gasteiger charge is 2.41. The fraction of sp³-hybridized carbons (Fsp3) is 0.647. The summed E-state index contributed by atoms with van der Waals surface area (Å²) in [5.41, 5.74) is 0.0787. The zero-order valence-corrected chi connectivity index (χ0v) is 15.5. The Bertz CT molecular complexity index is 794. The van der Waals surface area contributed by atoms with Crippen LogP contribution in [0.4, 0.5) is 0 Å². The van der Waals surface area contributed by atoms with Crippen molar-refractivity contribution < 1.29 is 27.5 Å². The second kappa shape index (κ2) is 7.03. The predicted octanol–water partition coefficient (Wildman–Crippen LogP) is 1.83. The van der Waals surface area contributed by atoms with Gasteiger partial charge in [-0.3, -0.25) is 4.79 Å². The van der Waals surface area contributed by atoms with Crippen LogP contribution in [-0.4, -0.2) is 48.8 Å². The molecule has 8 nitrogen and oxygen atoms in total. The topological polar surface area (TPSA) is 117 Å². The first-order valence-electron chi connectivity index (χ1n) is 8.86. The number of aromatic carboxylic acids is 1. The van der Waals surface area contributed by atoms with Gasteiger partial charge in [-0.1, -0.05) is 19.8 Å². The summed E-state index contributed by atoms with van der Waals surface area (Å²) < 4.78 is 31.6. The molecule has 0 radical (unpaired) electrons. The Hall–Kier alpha value is -1.87. The molecule has 26 heavy (non-hydrogen) atoms. The van der Waals surface area contributed by atoms with Crippen molar-refractivity contribution in [1.29, 1.82) is 0 Å². The van der Waals surface area contributed by atoms with E-state index in [9.17, 15) is 18.0 Å². The van der Waals surface area contributed by atoms with Gasteiger partial charge in [-0.2, -0.15) is 4.31 Å². The third kappa shape index (κ3) is 3.64. The van der Waals surface area contributed by atoms with Gasteiger partial charge in [0.25, 0.3) is 10.0 Å². The van der Waals surface area contributed by atoms with E-state index in [0.717, 1.165) is 42.1 Å². The summed E-state index contributed by atoms with van der Waals surface area (Å²) in [7, 11) is -4.06. The molecule has 1 atom stereocenters. The van der Waals surface area contributed by atoms with E-state index in [2.05, 4.69) is 12.2 Å². The highest BCUT2D eigenvalue weighted by Crippen LogP contribution is 2.37. The maximum atomic E-state index is 12.8. The Balaban J connectivity index is 1.71. The molecule has 1 saturated carbocycles. The summed E-state index contributed by atoms with van der Waals surface area (Å²) in [5, 5.41) is 11.4. The van der Waals surface area contributed by atoms with E-state index in [1.165, 1.54) is 0 Å². The second-order valence-corrected chi connectivity index (χ2v) is 9.25. The van der Waals surface area contributed by atoms with Crippen molar-refractivity contribution in [2.24, 2.45) is 5.41 Å². The fourth-order valence-corrected chi connectivity index (χ4v) is 5.37. The predicted molar refractivity (Wildman–Crippen MR) is 92.2 cm³/mol. The van der Waals surface area contributed by atoms with Gasteiger partial charge in [-0.25, -0.2) is 13.2 Å². The number of carboxylic acid groups (broad SMARTS) is 1. The van der Waals surface area contributed by atoms with E-state index in [1.807, 2.05) is 0 Å². The van der Waals surface area contributed by atoms with Gasteiger partial charge in [0.15, 0.2) is 0 Å². The van der Waals surface area contributed by atoms with E-state index < -0.39 is 32.9 Å². The van der Waals surface area contributed by atoms with Gasteiger partial charge >= 0.3 is 5.97 Å². The van der Waals surface area contributed by atoms with Gasteiger partial charge < -0.3 is 14.8 Å². The molecular formula is C17H24N2O6S. The van der Waals surface area contributed by atoms with Crippen molar-refractivity contribution in [3.05, 3.63) is 17.9 Å². The molecule has 9 heteroatoms. The maximum absolute atomic E-state index is 12.8. The highest BCUT2D eigenvalue weighted by atomic mass is 32.2. The SMILES string of the molecule is CC1(CNC(=O)C2CCCN2S(=O)(=O)c2ccc(C(=O)O)o2)CCCC1. The first kappa shape index (κ1) is 18.9. The number of sulfonamides is 1. The minimum atomic E-state index is -4.06. The lowest BCUT2D eigenvalue weighted by Gasteiger charge is -2.27. The number of nitrogens with one attached hydrogen (secondary N) is 1. The Morgan fingerprint density at radius 3 is 2.62 bits per heavy atom. The molecule has 0 bridgehead atoms. The molecule has 1 aliphatic heterocycles. The molecule has 2 aliphatic rings. The first-order chi connectivity index (χ1) is 12.2. The first-order valence-corrected chi connectivity index (χ1v) is 10.3. The third-order valence-corrected chi connectivity index (χ3v) is 7.14. The Morgan fingerprint density at radius 1 is 1.31 bits per heavy atom. The molecule has 2 heterocycles. The van der Waals surface area contributed by atoms with Crippen LogP contribution in [0.25, 0.3) is 0 Å². The summed E-state index contributed by atoms with van der Waals surface area (Å²) in [6.07, 6.45) is 5.44. The number of rotatable bonds is 6. The smallest absolute Gasteiger partial charge is 0.371 e. The highest BCUT2D eigenvalue weighted by molar-refractivity contribution is 7.89. The van der Waals surface area contributed by atoms with E-state index >= 15 is 0 Å². The van der Waals surface area contributed by atoms with Gasteiger partial charge in [0.2, 0.25) is 16.8 Å². The number of amides is 1. The van der Waals surface area contributed by atoms with Crippen LogP contribution >= 0.6 is 0 Å². The number of hydrogen-bond acceptors (Lipinski definition) is 5. The van der Waals surface area contributed by atoms with Crippen LogP contribution < -0.4 is 5.32 Å². The van der Waals surface area contributed by atoms with Gasteiger partial charge in [-0.05, 0) is 43.2 Å². The molecule has 1 aromatic heterocycles. The summed E-state index contributed by atoms with van der Waals surface area (Å²) >= 11 is 0. The van der Waals surface area contributed by atoms with Crippen LogP contribution in [0.2, 0.25) is 0 Å².